The van der Waals surface area contributed by atoms with E-state index in [2.05, 4.69) is 26.0 Å². The van der Waals surface area contributed by atoms with Crippen LogP contribution in [0.5, 0.6) is 5.75 Å². The molecule has 1 aromatic carbocycles. The van der Waals surface area contributed by atoms with Crippen LogP contribution < -0.4 is 14.8 Å². The van der Waals surface area contributed by atoms with Crippen LogP contribution in [0.1, 0.15) is 0 Å². The highest BCUT2D eigenvalue weighted by Gasteiger charge is 2.21. The van der Waals surface area contributed by atoms with Gasteiger partial charge in [0.15, 0.2) is 0 Å². The molecule has 0 bridgehead atoms. The summed E-state index contributed by atoms with van der Waals surface area (Å²) in [5.74, 6) is -0.600. The van der Waals surface area contributed by atoms with Crippen molar-refractivity contribution in [3.8, 4) is 5.75 Å². The number of nitrogens with one attached hydrogen (secondary N) is 2. The SMILES string of the molecule is COCCNCCNS(=O)(=O)c1cc(F)c(Br)cc1OC. The minimum absolute atomic E-state index is 0.0723. The minimum atomic E-state index is -3.84. The zero-order valence-electron chi connectivity index (χ0n) is 11.8. The summed E-state index contributed by atoms with van der Waals surface area (Å²) in [7, 11) is -0.936. The number of sulfonamides is 1. The summed E-state index contributed by atoms with van der Waals surface area (Å²) in [5, 5.41) is 2.99. The molecular formula is C12H18BrFN2O4S. The second-order valence-corrected chi connectivity index (χ2v) is 6.65. The van der Waals surface area contributed by atoms with Crippen molar-refractivity contribution in [2.45, 2.75) is 4.90 Å². The van der Waals surface area contributed by atoms with Crippen molar-refractivity contribution in [3.63, 3.8) is 0 Å². The van der Waals surface area contributed by atoms with Crippen LogP contribution in [0.3, 0.4) is 0 Å². The predicted molar refractivity (Wildman–Crippen MR) is 80.6 cm³/mol. The van der Waals surface area contributed by atoms with Crippen molar-refractivity contribution >= 4 is 26.0 Å². The van der Waals surface area contributed by atoms with Crippen LogP contribution >= 0.6 is 15.9 Å². The summed E-state index contributed by atoms with van der Waals surface area (Å²) in [4.78, 5) is -0.234. The average Bonchev–Trinajstić information content (AvgIpc) is 2.45. The standard InChI is InChI=1S/C12H18BrFN2O4S/c1-19-6-5-15-3-4-16-21(17,18)12-8-10(14)9(13)7-11(12)20-2/h7-8,15-16H,3-6H2,1-2H3. The van der Waals surface area contributed by atoms with E-state index < -0.39 is 15.8 Å². The van der Waals surface area contributed by atoms with Crippen LogP contribution in [-0.2, 0) is 14.8 Å². The second kappa shape index (κ2) is 8.64. The van der Waals surface area contributed by atoms with Gasteiger partial charge in [-0.05, 0) is 28.1 Å². The van der Waals surface area contributed by atoms with Crippen LogP contribution in [0.4, 0.5) is 4.39 Å². The van der Waals surface area contributed by atoms with Gasteiger partial charge in [-0.1, -0.05) is 0 Å². The van der Waals surface area contributed by atoms with Crippen LogP contribution in [0.15, 0.2) is 21.5 Å². The Morgan fingerprint density at radius 1 is 1.24 bits per heavy atom. The molecule has 1 aromatic rings. The quantitative estimate of drug-likeness (QED) is 0.623. The van der Waals surface area contributed by atoms with Gasteiger partial charge >= 0.3 is 0 Å². The molecule has 1 rings (SSSR count). The lowest BCUT2D eigenvalue weighted by Gasteiger charge is -2.12. The summed E-state index contributed by atoms with van der Waals surface area (Å²) < 4.78 is 50.2. The molecule has 0 unspecified atom stereocenters. The first kappa shape index (κ1) is 18.3. The molecule has 0 radical (unpaired) electrons. The highest BCUT2D eigenvalue weighted by atomic mass is 79.9. The van der Waals surface area contributed by atoms with Gasteiger partial charge in [-0.25, -0.2) is 17.5 Å². The van der Waals surface area contributed by atoms with E-state index in [1.807, 2.05) is 0 Å². The number of halogens is 2. The fourth-order valence-corrected chi connectivity index (χ4v) is 3.05. The average molecular weight is 385 g/mol. The number of hydrogen-bond donors (Lipinski definition) is 2. The van der Waals surface area contributed by atoms with Crippen molar-refractivity contribution in [1.82, 2.24) is 10.0 Å². The molecule has 120 valence electrons. The summed E-state index contributed by atoms with van der Waals surface area (Å²) in [5.41, 5.74) is 0. The van der Waals surface area contributed by atoms with E-state index in [0.29, 0.717) is 19.7 Å². The number of rotatable bonds is 9. The highest BCUT2D eigenvalue weighted by molar-refractivity contribution is 9.10. The van der Waals surface area contributed by atoms with Crippen LogP contribution in [0.25, 0.3) is 0 Å². The highest BCUT2D eigenvalue weighted by Crippen LogP contribution is 2.29. The fourth-order valence-electron chi connectivity index (χ4n) is 1.53. The zero-order chi connectivity index (χ0) is 15.9. The fraction of sp³-hybridized carbons (Fsp3) is 0.500. The first-order chi connectivity index (χ1) is 9.92. The lowest BCUT2D eigenvalue weighted by atomic mass is 10.3. The van der Waals surface area contributed by atoms with Gasteiger partial charge in [0.2, 0.25) is 10.0 Å². The largest absolute Gasteiger partial charge is 0.495 e. The Kier molecular flexibility index (Phi) is 7.53. The molecular weight excluding hydrogens is 367 g/mol. The van der Waals surface area contributed by atoms with Crippen molar-refractivity contribution in [2.24, 2.45) is 0 Å². The van der Waals surface area contributed by atoms with Crippen molar-refractivity contribution in [1.29, 1.82) is 0 Å². The zero-order valence-corrected chi connectivity index (χ0v) is 14.2. The third-order valence-corrected chi connectivity index (χ3v) is 4.66. The molecule has 0 amide bonds. The molecule has 21 heavy (non-hydrogen) atoms. The van der Waals surface area contributed by atoms with E-state index in [9.17, 15) is 12.8 Å². The van der Waals surface area contributed by atoms with E-state index in [0.717, 1.165) is 6.07 Å². The topological polar surface area (TPSA) is 76.7 Å². The van der Waals surface area contributed by atoms with Crippen LogP contribution in [0.2, 0.25) is 0 Å². The molecule has 0 spiro atoms. The Labute approximate surface area is 132 Å². The number of ether oxygens (including phenoxy) is 2. The predicted octanol–water partition coefficient (Wildman–Crippen LogP) is 1.11. The van der Waals surface area contributed by atoms with Gasteiger partial charge in [0, 0.05) is 26.7 Å². The molecule has 0 heterocycles. The molecule has 0 aliphatic rings. The normalized spacial score (nSPS) is 11.6. The Balaban J connectivity index is 2.72. The first-order valence-electron chi connectivity index (χ1n) is 6.14. The summed E-state index contributed by atoms with van der Waals surface area (Å²) in [6.07, 6.45) is 0. The molecule has 2 N–H and O–H groups in total. The maximum absolute atomic E-state index is 13.5. The molecule has 0 fully saturated rings. The lowest BCUT2D eigenvalue weighted by molar-refractivity contribution is 0.199. The van der Waals surface area contributed by atoms with E-state index in [1.165, 1.54) is 13.2 Å². The second-order valence-electron chi connectivity index (χ2n) is 4.06. The van der Waals surface area contributed by atoms with Crippen LogP contribution in [-0.4, -0.2) is 48.9 Å². The maximum atomic E-state index is 13.5. The first-order valence-corrected chi connectivity index (χ1v) is 8.42. The lowest BCUT2D eigenvalue weighted by Crippen LogP contribution is -2.33. The van der Waals surface area contributed by atoms with Gasteiger partial charge in [-0.15, -0.1) is 0 Å². The van der Waals surface area contributed by atoms with Gasteiger partial charge in [0.1, 0.15) is 16.5 Å². The van der Waals surface area contributed by atoms with E-state index in [1.54, 1.807) is 7.11 Å². The van der Waals surface area contributed by atoms with Crippen molar-refractivity contribution < 1.29 is 22.3 Å². The molecule has 0 aromatic heterocycles. The Morgan fingerprint density at radius 3 is 2.57 bits per heavy atom. The number of methoxy groups -OCH3 is 2. The molecule has 0 aliphatic carbocycles. The maximum Gasteiger partial charge on any atom is 0.244 e. The monoisotopic (exact) mass is 384 g/mol. The molecule has 0 saturated carbocycles. The summed E-state index contributed by atoms with van der Waals surface area (Å²) in [6.45, 7) is 1.77. The molecule has 0 saturated heterocycles. The molecule has 0 aliphatic heterocycles. The Hall–Kier alpha value is -0.740. The van der Waals surface area contributed by atoms with Crippen molar-refractivity contribution in [3.05, 3.63) is 22.4 Å². The Morgan fingerprint density at radius 2 is 1.95 bits per heavy atom. The van der Waals surface area contributed by atoms with E-state index in [-0.39, 0.29) is 21.7 Å². The van der Waals surface area contributed by atoms with Gasteiger partial charge in [-0.2, -0.15) is 0 Å². The van der Waals surface area contributed by atoms with Crippen LogP contribution in [0, 0.1) is 5.82 Å². The molecule has 6 nitrogen and oxygen atoms in total. The van der Waals surface area contributed by atoms with Gasteiger partial charge < -0.3 is 14.8 Å². The van der Waals surface area contributed by atoms with Crippen molar-refractivity contribution in [2.75, 3.05) is 40.5 Å². The third-order valence-electron chi connectivity index (χ3n) is 2.57. The summed E-state index contributed by atoms with van der Waals surface area (Å²) >= 11 is 2.98. The number of hydrogen-bond acceptors (Lipinski definition) is 5. The smallest absolute Gasteiger partial charge is 0.244 e. The minimum Gasteiger partial charge on any atom is -0.495 e. The van der Waals surface area contributed by atoms with Gasteiger partial charge in [-0.3, -0.25) is 0 Å². The Bertz CT molecular complexity index is 569. The summed E-state index contributed by atoms with van der Waals surface area (Å²) in [6, 6.07) is 2.20. The van der Waals surface area contributed by atoms with E-state index in [4.69, 9.17) is 9.47 Å². The third kappa shape index (κ3) is 5.51. The molecule has 0 atom stereocenters. The van der Waals surface area contributed by atoms with E-state index >= 15 is 0 Å². The van der Waals surface area contributed by atoms with Gasteiger partial charge in [0.25, 0.3) is 0 Å². The van der Waals surface area contributed by atoms with Gasteiger partial charge in [0.05, 0.1) is 18.2 Å². The number of benzene rings is 1. The molecule has 9 heteroatoms.